The second-order valence-electron chi connectivity index (χ2n) is 13.2. The highest BCUT2D eigenvalue weighted by atomic mass is 32.2. The molecule has 0 unspecified atom stereocenters. The molecule has 0 amide bonds. The minimum atomic E-state index is -2.65. The average Bonchev–Trinajstić information content (AvgIpc) is 3.75. The lowest BCUT2D eigenvalue weighted by atomic mass is 9.95. The van der Waals surface area contributed by atoms with Crippen LogP contribution in [0, 0.1) is 12.7 Å². The Morgan fingerprint density at radius 3 is 2.63 bits per heavy atom. The monoisotopic (exact) mass is 685 g/mol. The van der Waals surface area contributed by atoms with E-state index < -0.39 is 15.3 Å². The molecule has 11 heteroatoms. The Morgan fingerprint density at radius 2 is 1.90 bits per heavy atom. The predicted molar refractivity (Wildman–Crippen MR) is 199 cm³/mol. The molecule has 4 aromatic heterocycles. The lowest BCUT2D eigenvalue weighted by Gasteiger charge is -2.15. The quantitative estimate of drug-likeness (QED) is 0.0961. The summed E-state index contributed by atoms with van der Waals surface area (Å²) in [4.78, 5) is 14.3. The molecule has 1 aliphatic heterocycles. The van der Waals surface area contributed by atoms with Crippen molar-refractivity contribution in [1.29, 1.82) is 0 Å². The molecule has 5 heterocycles. The SMILES string of the molecule is C=S(=C)(C)NCc1cc(F)cc(/C(=C/C=C(\C)CC)c2cc(-c3n[nH]c4cnc(-c5cncc(CN6CCC(F)(F)C6)c5)cc34)[nH]c2C)c1. The number of nitrogens with one attached hydrogen (secondary N) is 3. The van der Waals surface area contributed by atoms with Gasteiger partial charge in [0.1, 0.15) is 11.5 Å². The zero-order chi connectivity index (χ0) is 34.9. The number of halogens is 3. The van der Waals surface area contributed by atoms with Gasteiger partial charge < -0.3 is 4.98 Å². The lowest BCUT2D eigenvalue weighted by molar-refractivity contribution is 0.0115. The van der Waals surface area contributed by atoms with Gasteiger partial charge in [-0.25, -0.2) is 13.2 Å². The number of aromatic amines is 2. The lowest BCUT2D eigenvalue weighted by Crippen LogP contribution is -2.24. The van der Waals surface area contributed by atoms with E-state index in [1.165, 1.54) is 5.57 Å². The van der Waals surface area contributed by atoms with Crippen LogP contribution in [0.4, 0.5) is 13.2 Å². The molecule has 3 N–H and O–H groups in total. The summed E-state index contributed by atoms with van der Waals surface area (Å²) in [5.41, 5.74) is 10.1. The van der Waals surface area contributed by atoms with Crippen molar-refractivity contribution in [3.8, 4) is 22.6 Å². The smallest absolute Gasteiger partial charge is 0.261 e. The van der Waals surface area contributed by atoms with E-state index in [1.54, 1.807) is 35.6 Å². The maximum absolute atomic E-state index is 15.1. The van der Waals surface area contributed by atoms with E-state index in [0.717, 1.165) is 62.1 Å². The second-order valence-corrected chi connectivity index (χ2v) is 16.0. The summed E-state index contributed by atoms with van der Waals surface area (Å²) in [6, 6.07) is 11.1. The van der Waals surface area contributed by atoms with Crippen molar-refractivity contribution < 1.29 is 13.2 Å². The van der Waals surface area contributed by atoms with Crippen LogP contribution in [0.3, 0.4) is 0 Å². The van der Waals surface area contributed by atoms with Gasteiger partial charge in [-0.3, -0.25) is 24.7 Å². The molecule has 0 aliphatic carbocycles. The highest BCUT2D eigenvalue weighted by Crippen LogP contribution is 2.35. The molecular weight excluding hydrogens is 644 g/mol. The number of aryl methyl sites for hydroxylation is 1. The summed E-state index contributed by atoms with van der Waals surface area (Å²) in [5, 5.41) is 8.61. The molecule has 5 aromatic rings. The molecule has 1 aliphatic rings. The van der Waals surface area contributed by atoms with Crippen molar-refractivity contribution in [3.05, 3.63) is 106 Å². The number of hydrogen-bond acceptors (Lipinski definition) is 5. The Morgan fingerprint density at radius 1 is 1.08 bits per heavy atom. The third kappa shape index (κ3) is 8.24. The fourth-order valence-corrected chi connectivity index (χ4v) is 6.53. The zero-order valence-electron chi connectivity index (χ0n) is 28.3. The van der Waals surface area contributed by atoms with E-state index in [1.807, 2.05) is 31.4 Å². The van der Waals surface area contributed by atoms with Crippen LogP contribution < -0.4 is 4.72 Å². The first kappa shape index (κ1) is 34.4. The fourth-order valence-electron chi connectivity index (χ4n) is 6.01. The van der Waals surface area contributed by atoms with Crippen LogP contribution in [-0.2, 0) is 13.1 Å². The molecule has 0 bridgehead atoms. The number of allylic oxidation sites excluding steroid dienone is 3. The molecule has 256 valence electrons. The van der Waals surface area contributed by atoms with Gasteiger partial charge in [-0.15, -0.1) is 0 Å². The topological polar surface area (TPSA) is 85.5 Å². The molecule has 0 saturated carbocycles. The van der Waals surface area contributed by atoms with E-state index in [2.05, 4.69) is 73.7 Å². The number of pyridine rings is 2. The first-order valence-corrected chi connectivity index (χ1v) is 18.6. The van der Waals surface area contributed by atoms with Gasteiger partial charge in [-0.05, 0) is 85.2 Å². The van der Waals surface area contributed by atoms with Gasteiger partial charge in [0.05, 0.1) is 29.6 Å². The standard InChI is InChI=1S/C38H42F3N7S/c1-7-24(2)8-9-31(28-12-26(14-30(39)15-28)19-44-49(4,5)6)32-16-35(45-25(32)3)37-33-17-34(43-21-36(33)46-47-37)29-13-27(18-42-20-29)22-48-11-10-38(40,41)23-48/h8-9,12-18,20-21,44-45H,4-5,7,10-11,19,22-23H2,1-3,6H3,(H,46,47)/b24-8+,31-9-. The Hall–Kier alpha value is -4.45. The summed E-state index contributed by atoms with van der Waals surface area (Å²) in [5.74, 6) is 5.21. The van der Waals surface area contributed by atoms with Crippen LogP contribution in [0.2, 0.25) is 0 Å². The fraction of sp³-hybridized carbons (Fsp3) is 0.289. The van der Waals surface area contributed by atoms with Crippen LogP contribution in [0.15, 0.2) is 72.7 Å². The van der Waals surface area contributed by atoms with Crippen molar-refractivity contribution in [2.45, 2.75) is 52.6 Å². The number of nitrogens with zero attached hydrogens (tertiary/aromatic N) is 4. The number of hydrogen-bond donors (Lipinski definition) is 3. The van der Waals surface area contributed by atoms with E-state index in [9.17, 15) is 8.78 Å². The summed E-state index contributed by atoms with van der Waals surface area (Å²) >= 11 is 0. The molecule has 0 radical (unpaired) electrons. The molecule has 7 nitrogen and oxygen atoms in total. The summed E-state index contributed by atoms with van der Waals surface area (Å²) in [6.45, 7) is 7.16. The van der Waals surface area contributed by atoms with Crippen molar-refractivity contribution in [1.82, 2.24) is 34.8 Å². The predicted octanol–water partition coefficient (Wildman–Crippen LogP) is 8.39. The number of fused-ring (bicyclic) bond motifs is 1. The third-order valence-electron chi connectivity index (χ3n) is 8.74. The van der Waals surface area contributed by atoms with Gasteiger partial charge in [0.15, 0.2) is 0 Å². The van der Waals surface area contributed by atoms with Crippen molar-refractivity contribution in [2.24, 2.45) is 0 Å². The molecule has 1 saturated heterocycles. The first-order chi connectivity index (χ1) is 23.3. The van der Waals surface area contributed by atoms with Crippen LogP contribution in [0.5, 0.6) is 0 Å². The van der Waals surface area contributed by atoms with Gasteiger partial charge >= 0.3 is 0 Å². The maximum Gasteiger partial charge on any atom is 0.261 e. The largest absolute Gasteiger partial charge is 0.357 e. The van der Waals surface area contributed by atoms with Gasteiger partial charge in [0.25, 0.3) is 5.92 Å². The molecule has 0 atom stereocenters. The van der Waals surface area contributed by atoms with Crippen LogP contribution in [0.25, 0.3) is 39.1 Å². The number of aromatic nitrogens is 5. The van der Waals surface area contributed by atoms with Crippen LogP contribution in [0.1, 0.15) is 54.6 Å². The van der Waals surface area contributed by atoms with E-state index in [-0.39, 0.29) is 18.8 Å². The van der Waals surface area contributed by atoms with E-state index >= 15 is 4.39 Å². The summed E-state index contributed by atoms with van der Waals surface area (Å²) < 4.78 is 45.9. The Labute approximate surface area is 286 Å². The van der Waals surface area contributed by atoms with Crippen LogP contribution in [-0.4, -0.2) is 67.1 Å². The minimum Gasteiger partial charge on any atom is -0.357 e. The highest BCUT2D eigenvalue weighted by Gasteiger charge is 2.38. The summed E-state index contributed by atoms with van der Waals surface area (Å²) in [6.07, 6.45) is 12.0. The normalized spacial score (nSPS) is 15.8. The Kier molecular flexibility index (Phi) is 9.70. The summed E-state index contributed by atoms with van der Waals surface area (Å²) in [7, 11) is -1.47. The number of benzene rings is 1. The average molecular weight is 686 g/mol. The van der Waals surface area contributed by atoms with Gasteiger partial charge in [0.2, 0.25) is 0 Å². The second kappa shape index (κ2) is 13.8. The highest BCUT2D eigenvalue weighted by molar-refractivity contribution is 8.25. The first-order valence-electron chi connectivity index (χ1n) is 16.2. The minimum absolute atomic E-state index is 0.122. The van der Waals surface area contributed by atoms with Crippen molar-refractivity contribution in [3.63, 3.8) is 0 Å². The molecule has 1 aromatic carbocycles. The number of rotatable bonds is 11. The molecule has 6 rings (SSSR count). The third-order valence-corrected chi connectivity index (χ3v) is 9.58. The molecular formula is C38H42F3N7S. The number of likely N-dealkylation sites (tertiary alicyclic amines) is 1. The van der Waals surface area contributed by atoms with Gasteiger partial charge in [0, 0.05) is 60.7 Å². The maximum atomic E-state index is 15.1. The molecule has 0 spiro atoms. The van der Waals surface area contributed by atoms with Crippen molar-refractivity contribution >= 4 is 37.6 Å². The van der Waals surface area contributed by atoms with Gasteiger partial charge in [-0.2, -0.15) is 14.5 Å². The Bertz CT molecular complexity index is 2180. The molecule has 49 heavy (non-hydrogen) atoms. The Balaban J connectivity index is 1.36. The molecule has 1 fully saturated rings. The van der Waals surface area contributed by atoms with E-state index in [0.29, 0.717) is 31.0 Å². The van der Waals surface area contributed by atoms with Gasteiger partial charge in [-0.1, -0.05) is 36.4 Å². The number of H-pyrrole nitrogens is 2. The number of alkyl halides is 2. The van der Waals surface area contributed by atoms with Crippen LogP contribution >= 0.6 is 9.39 Å². The van der Waals surface area contributed by atoms with E-state index in [4.69, 9.17) is 0 Å². The zero-order valence-corrected chi connectivity index (χ0v) is 29.2. The van der Waals surface area contributed by atoms with Crippen molar-refractivity contribution in [2.75, 3.05) is 19.3 Å².